The molecule has 15 heavy (non-hydrogen) atoms. The van der Waals surface area contributed by atoms with Gasteiger partial charge in [-0.2, -0.15) is 0 Å². The number of ether oxygens (including phenoxy) is 1. The molecule has 1 heterocycles. The van der Waals surface area contributed by atoms with Gasteiger partial charge in [-0.05, 0) is 33.6 Å². The average molecular weight is 278 g/mol. The zero-order chi connectivity index (χ0) is 10.8. The molecule has 0 spiro atoms. The lowest BCUT2D eigenvalue weighted by Gasteiger charge is -2.24. The summed E-state index contributed by atoms with van der Waals surface area (Å²) in [5.74, 6) is -1.17. The highest BCUT2D eigenvalue weighted by atomic mass is 79.9. The van der Waals surface area contributed by atoms with Crippen molar-refractivity contribution in [2.75, 3.05) is 19.8 Å². The summed E-state index contributed by atoms with van der Waals surface area (Å²) in [6, 6.07) is 2.51. The fourth-order valence-corrected chi connectivity index (χ4v) is 1.78. The number of morpholine rings is 1. The van der Waals surface area contributed by atoms with E-state index in [4.69, 9.17) is 4.74 Å². The van der Waals surface area contributed by atoms with E-state index in [2.05, 4.69) is 21.2 Å². The first-order valence-electron chi connectivity index (χ1n) is 4.64. The van der Waals surface area contributed by atoms with E-state index in [0.717, 1.165) is 0 Å². The molecule has 1 N–H and O–H groups in total. The summed E-state index contributed by atoms with van der Waals surface area (Å²) >= 11 is 2.84. The maximum atomic E-state index is 13.2. The van der Waals surface area contributed by atoms with Gasteiger partial charge in [-0.3, -0.25) is 0 Å². The lowest BCUT2D eigenvalue weighted by Crippen LogP contribution is -2.34. The molecule has 0 radical (unpaired) electrons. The van der Waals surface area contributed by atoms with Crippen molar-refractivity contribution >= 4 is 15.9 Å². The summed E-state index contributed by atoms with van der Waals surface area (Å²) in [4.78, 5) is 0. The predicted octanol–water partition coefficient (Wildman–Crippen LogP) is 2.39. The van der Waals surface area contributed by atoms with E-state index < -0.39 is 11.6 Å². The Morgan fingerprint density at radius 2 is 2.00 bits per heavy atom. The number of benzene rings is 1. The molecule has 1 aromatic carbocycles. The van der Waals surface area contributed by atoms with Crippen LogP contribution >= 0.6 is 15.9 Å². The largest absolute Gasteiger partial charge is 0.378 e. The Labute approximate surface area is 94.7 Å². The topological polar surface area (TPSA) is 21.3 Å². The molecule has 1 aliphatic rings. The van der Waals surface area contributed by atoms with Crippen molar-refractivity contribution in [2.45, 2.75) is 6.04 Å². The molecule has 0 bridgehead atoms. The number of nitrogens with one attached hydrogen (secondary N) is 1. The van der Waals surface area contributed by atoms with Gasteiger partial charge in [-0.1, -0.05) is 0 Å². The van der Waals surface area contributed by atoms with Gasteiger partial charge in [-0.15, -0.1) is 0 Å². The average Bonchev–Trinajstić information content (AvgIpc) is 2.26. The molecule has 82 valence electrons. The molecule has 1 fully saturated rings. The summed E-state index contributed by atoms with van der Waals surface area (Å²) in [6.07, 6.45) is 0. The first-order valence-corrected chi connectivity index (χ1v) is 5.43. The highest BCUT2D eigenvalue weighted by Crippen LogP contribution is 2.25. The van der Waals surface area contributed by atoms with Crippen molar-refractivity contribution in [3.05, 3.63) is 33.8 Å². The van der Waals surface area contributed by atoms with Crippen LogP contribution in [-0.4, -0.2) is 19.8 Å². The molecule has 2 nitrogen and oxygen atoms in total. The molecule has 1 aliphatic heterocycles. The van der Waals surface area contributed by atoms with Crippen LogP contribution in [0.3, 0.4) is 0 Å². The van der Waals surface area contributed by atoms with Crippen LogP contribution in [0, 0.1) is 11.6 Å². The molecular formula is C10H10BrF2NO. The first kappa shape index (κ1) is 11.0. The van der Waals surface area contributed by atoms with E-state index in [1.54, 1.807) is 0 Å². The van der Waals surface area contributed by atoms with Crippen LogP contribution in [0.2, 0.25) is 0 Å². The minimum atomic E-state index is -0.586. The smallest absolute Gasteiger partial charge is 0.140 e. The fraction of sp³-hybridized carbons (Fsp3) is 0.400. The lowest BCUT2D eigenvalue weighted by molar-refractivity contribution is 0.0767. The van der Waals surface area contributed by atoms with Gasteiger partial charge < -0.3 is 10.1 Å². The standard InChI is InChI=1S/C10H10BrF2NO/c11-10-7(12)3-6(4-8(10)13)9-5-15-2-1-14-9/h3-4,9,14H,1-2,5H2. The van der Waals surface area contributed by atoms with Gasteiger partial charge in [0.2, 0.25) is 0 Å². The second-order valence-electron chi connectivity index (χ2n) is 3.38. The molecule has 5 heteroatoms. The van der Waals surface area contributed by atoms with E-state index >= 15 is 0 Å². The van der Waals surface area contributed by atoms with Crippen molar-refractivity contribution in [1.29, 1.82) is 0 Å². The third-order valence-electron chi connectivity index (χ3n) is 2.33. The summed E-state index contributed by atoms with van der Waals surface area (Å²) in [5, 5.41) is 3.14. The molecule has 0 aromatic heterocycles. The Kier molecular flexibility index (Phi) is 3.33. The van der Waals surface area contributed by atoms with Gasteiger partial charge in [0.05, 0.1) is 23.7 Å². The van der Waals surface area contributed by atoms with Crippen LogP contribution in [0.4, 0.5) is 8.78 Å². The zero-order valence-electron chi connectivity index (χ0n) is 7.90. The molecule has 0 amide bonds. The second kappa shape index (κ2) is 4.55. The van der Waals surface area contributed by atoms with Gasteiger partial charge >= 0.3 is 0 Å². The van der Waals surface area contributed by atoms with E-state index in [0.29, 0.717) is 25.3 Å². The SMILES string of the molecule is Fc1cc(C2COCCN2)cc(F)c1Br. The molecular weight excluding hydrogens is 268 g/mol. The van der Waals surface area contributed by atoms with Crippen LogP contribution < -0.4 is 5.32 Å². The molecule has 1 atom stereocenters. The summed E-state index contributed by atoms with van der Waals surface area (Å²) in [6.45, 7) is 1.78. The van der Waals surface area contributed by atoms with Crippen LogP contribution in [0.5, 0.6) is 0 Å². The Morgan fingerprint density at radius 1 is 1.33 bits per heavy atom. The fourth-order valence-electron chi connectivity index (χ4n) is 1.56. The third kappa shape index (κ3) is 2.35. The third-order valence-corrected chi connectivity index (χ3v) is 3.09. The van der Waals surface area contributed by atoms with Crippen molar-refractivity contribution in [3.63, 3.8) is 0 Å². The summed E-state index contributed by atoms with van der Waals surface area (Å²) < 4.78 is 31.6. The molecule has 0 aliphatic carbocycles. The summed E-state index contributed by atoms with van der Waals surface area (Å²) in [7, 11) is 0. The Bertz CT molecular complexity index is 343. The van der Waals surface area contributed by atoms with Gasteiger partial charge in [0.25, 0.3) is 0 Å². The second-order valence-corrected chi connectivity index (χ2v) is 4.17. The number of hydrogen-bond acceptors (Lipinski definition) is 2. The lowest BCUT2D eigenvalue weighted by atomic mass is 10.1. The molecule has 1 saturated heterocycles. The normalized spacial score (nSPS) is 21.7. The van der Waals surface area contributed by atoms with E-state index in [1.807, 2.05) is 0 Å². The Balaban J connectivity index is 2.27. The molecule has 2 rings (SSSR count). The van der Waals surface area contributed by atoms with Gasteiger partial charge in [0.1, 0.15) is 11.6 Å². The van der Waals surface area contributed by atoms with Crippen molar-refractivity contribution in [2.24, 2.45) is 0 Å². The van der Waals surface area contributed by atoms with Crippen LogP contribution in [0.25, 0.3) is 0 Å². The number of rotatable bonds is 1. The van der Waals surface area contributed by atoms with Crippen LogP contribution in [-0.2, 0) is 4.74 Å². The molecule has 0 saturated carbocycles. The maximum Gasteiger partial charge on any atom is 0.140 e. The van der Waals surface area contributed by atoms with Crippen molar-refractivity contribution in [3.8, 4) is 0 Å². The molecule has 1 unspecified atom stereocenters. The number of halogens is 3. The van der Waals surface area contributed by atoms with Crippen LogP contribution in [0.1, 0.15) is 11.6 Å². The minimum Gasteiger partial charge on any atom is -0.378 e. The Hall–Kier alpha value is -0.520. The van der Waals surface area contributed by atoms with Gasteiger partial charge in [0.15, 0.2) is 0 Å². The van der Waals surface area contributed by atoms with Gasteiger partial charge in [0, 0.05) is 6.54 Å². The van der Waals surface area contributed by atoms with E-state index in [9.17, 15) is 8.78 Å². The monoisotopic (exact) mass is 277 g/mol. The minimum absolute atomic E-state index is 0.122. The maximum absolute atomic E-state index is 13.2. The zero-order valence-corrected chi connectivity index (χ0v) is 9.48. The number of hydrogen-bond donors (Lipinski definition) is 1. The quantitative estimate of drug-likeness (QED) is 0.796. The highest BCUT2D eigenvalue weighted by Gasteiger charge is 2.18. The van der Waals surface area contributed by atoms with Crippen molar-refractivity contribution < 1.29 is 13.5 Å². The van der Waals surface area contributed by atoms with E-state index in [-0.39, 0.29) is 10.5 Å². The first-order chi connectivity index (χ1) is 7.18. The van der Waals surface area contributed by atoms with Gasteiger partial charge in [-0.25, -0.2) is 8.78 Å². The Morgan fingerprint density at radius 3 is 2.53 bits per heavy atom. The van der Waals surface area contributed by atoms with Crippen molar-refractivity contribution in [1.82, 2.24) is 5.32 Å². The highest BCUT2D eigenvalue weighted by molar-refractivity contribution is 9.10. The van der Waals surface area contributed by atoms with Crippen LogP contribution in [0.15, 0.2) is 16.6 Å². The van der Waals surface area contributed by atoms with E-state index in [1.165, 1.54) is 12.1 Å². The summed E-state index contributed by atoms with van der Waals surface area (Å²) in [5.41, 5.74) is 0.577. The molecule has 1 aromatic rings. The predicted molar refractivity (Wildman–Crippen MR) is 55.6 cm³/mol.